The largest absolute Gasteiger partial charge is 0.349 e. The van der Waals surface area contributed by atoms with Gasteiger partial charge in [0.05, 0.1) is 5.02 Å². The van der Waals surface area contributed by atoms with Crippen molar-refractivity contribution < 1.29 is 32.3 Å². The van der Waals surface area contributed by atoms with Crippen LogP contribution in [0.5, 0.6) is 0 Å². The van der Waals surface area contributed by atoms with Crippen molar-refractivity contribution in [2.24, 2.45) is 0 Å². The number of nitrogens with zero attached hydrogens (tertiary/aromatic N) is 1. The van der Waals surface area contributed by atoms with Crippen LogP contribution in [0.1, 0.15) is 39.9 Å². The monoisotopic (exact) mass is 479 g/mol. The maximum atomic E-state index is 14.4. The number of nitrogens with one attached hydrogen (secondary N) is 2. The van der Waals surface area contributed by atoms with Crippen molar-refractivity contribution in [1.29, 1.82) is 0 Å². The van der Waals surface area contributed by atoms with Crippen LogP contribution in [-0.2, 0) is 33.4 Å². The fourth-order valence-corrected chi connectivity index (χ4v) is 3.97. The molecule has 2 aliphatic heterocycles. The Labute approximate surface area is 190 Å². The van der Waals surface area contributed by atoms with Gasteiger partial charge in [-0.25, -0.2) is 4.39 Å². The molecule has 2 N–H and O–H groups in total. The molecule has 0 radical (unpaired) electrons. The maximum absolute atomic E-state index is 14.4. The predicted molar refractivity (Wildman–Crippen MR) is 110 cm³/mol. The second-order valence-electron chi connectivity index (χ2n) is 7.78. The maximum Gasteiger partial charge on any atom is 0.349 e. The zero-order chi connectivity index (χ0) is 23.9. The van der Waals surface area contributed by atoms with Crippen LogP contribution in [0, 0.1) is 5.82 Å². The normalized spacial score (nSPS) is 18.2. The molecular weight excluding hydrogens is 463 g/mol. The molecule has 0 aliphatic carbocycles. The number of carbonyl (C=O) groups is 4. The van der Waals surface area contributed by atoms with E-state index in [0.717, 1.165) is 12.1 Å². The van der Waals surface area contributed by atoms with E-state index < -0.39 is 41.1 Å². The summed E-state index contributed by atoms with van der Waals surface area (Å²) in [7, 11) is 0. The van der Waals surface area contributed by atoms with Crippen LogP contribution in [0.2, 0.25) is 5.02 Å². The van der Waals surface area contributed by atoms with Crippen LogP contribution >= 0.6 is 11.6 Å². The summed E-state index contributed by atoms with van der Waals surface area (Å²) in [5, 5.41) is 3.99. The number of alkyl halides is 2. The van der Waals surface area contributed by atoms with Crippen molar-refractivity contribution in [3.05, 3.63) is 69.5 Å². The van der Waals surface area contributed by atoms with Crippen LogP contribution < -0.4 is 10.6 Å². The summed E-state index contributed by atoms with van der Waals surface area (Å²) < 4.78 is 42.4. The van der Waals surface area contributed by atoms with Gasteiger partial charge in [0, 0.05) is 30.6 Å². The molecule has 1 fully saturated rings. The minimum absolute atomic E-state index is 0.114. The third-order valence-electron chi connectivity index (χ3n) is 5.61. The zero-order valence-electron chi connectivity index (χ0n) is 17.0. The van der Waals surface area contributed by atoms with Crippen LogP contribution in [0.15, 0.2) is 36.4 Å². The van der Waals surface area contributed by atoms with E-state index in [1.165, 1.54) is 17.0 Å². The van der Waals surface area contributed by atoms with Gasteiger partial charge in [-0.2, -0.15) is 8.78 Å². The number of hydrogen-bond acceptors (Lipinski definition) is 4. The van der Waals surface area contributed by atoms with E-state index in [-0.39, 0.29) is 36.9 Å². The molecule has 2 heterocycles. The van der Waals surface area contributed by atoms with E-state index in [0.29, 0.717) is 22.8 Å². The van der Waals surface area contributed by atoms with E-state index in [4.69, 9.17) is 11.6 Å². The number of piperidine rings is 1. The number of fused-ring (bicyclic) bond motifs is 1. The molecule has 7 nitrogen and oxygen atoms in total. The molecule has 11 heteroatoms. The summed E-state index contributed by atoms with van der Waals surface area (Å²) in [6, 6.07) is 6.13. The summed E-state index contributed by atoms with van der Waals surface area (Å²) in [4.78, 5) is 49.6. The lowest BCUT2D eigenvalue weighted by atomic mass is 10.0. The topological polar surface area (TPSA) is 95.6 Å². The number of amides is 4. The van der Waals surface area contributed by atoms with Gasteiger partial charge in [-0.3, -0.25) is 24.5 Å². The van der Waals surface area contributed by atoms with Gasteiger partial charge in [-0.15, -0.1) is 0 Å². The van der Waals surface area contributed by atoms with E-state index in [2.05, 4.69) is 10.6 Å². The molecule has 0 saturated carbocycles. The highest BCUT2D eigenvalue weighted by molar-refractivity contribution is 6.30. The number of rotatable bonds is 5. The SMILES string of the molecule is O=C1CCC(N2Cc3cc(CNC(=O)C(F)(F)c4ccc(Cl)c(F)c4)ccc3C2=O)C(=O)N1. The molecule has 1 atom stereocenters. The molecule has 2 aromatic carbocycles. The fraction of sp³-hybridized carbons (Fsp3) is 0.273. The summed E-state index contributed by atoms with van der Waals surface area (Å²) >= 11 is 5.50. The highest BCUT2D eigenvalue weighted by atomic mass is 35.5. The Kier molecular flexibility index (Phi) is 5.87. The Morgan fingerprint density at radius 2 is 1.94 bits per heavy atom. The average molecular weight is 480 g/mol. The molecule has 4 amide bonds. The molecule has 2 aromatic rings. The number of hydrogen-bond donors (Lipinski definition) is 2. The van der Waals surface area contributed by atoms with Crippen molar-refractivity contribution >= 4 is 35.2 Å². The second-order valence-corrected chi connectivity index (χ2v) is 8.18. The predicted octanol–water partition coefficient (Wildman–Crippen LogP) is 2.65. The average Bonchev–Trinajstić information content (AvgIpc) is 3.09. The quantitative estimate of drug-likeness (QED) is 0.644. The van der Waals surface area contributed by atoms with Gasteiger partial charge in [-0.1, -0.05) is 29.8 Å². The van der Waals surface area contributed by atoms with Gasteiger partial charge < -0.3 is 10.2 Å². The first-order chi connectivity index (χ1) is 15.6. The van der Waals surface area contributed by atoms with Crippen molar-refractivity contribution in [3.63, 3.8) is 0 Å². The Hall–Kier alpha value is -3.40. The first-order valence-electron chi connectivity index (χ1n) is 9.96. The molecule has 2 aliphatic rings. The van der Waals surface area contributed by atoms with Crippen LogP contribution in [-0.4, -0.2) is 34.6 Å². The van der Waals surface area contributed by atoms with E-state index >= 15 is 0 Å². The van der Waals surface area contributed by atoms with Gasteiger partial charge in [0.1, 0.15) is 11.9 Å². The molecule has 0 aromatic heterocycles. The van der Waals surface area contributed by atoms with Crippen LogP contribution in [0.3, 0.4) is 0 Å². The van der Waals surface area contributed by atoms with Gasteiger partial charge >= 0.3 is 5.92 Å². The van der Waals surface area contributed by atoms with Crippen molar-refractivity contribution in [3.8, 4) is 0 Å². The lowest BCUT2D eigenvalue weighted by Gasteiger charge is -2.29. The Bertz CT molecular complexity index is 1190. The third-order valence-corrected chi connectivity index (χ3v) is 5.91. The van der Waals surface area contributed by atoms with Crippen molar-refractivity contribution in [2.45, 2.75) is 37.9 Å². The second kappa shape index (κ2) is 8.51. The Morgan fingerprint density at radius 1 is 1.18 bits per heavy atom. The lowest BCUT2D eigenvalue weighted by molar-refractivity contribution is -0.147. The van der Waals surface area contributed by atoms with Gasteiger partial charge in [-0.05, 0) is 35.7 Å². The highest BCUT2D eigenvalue weighted by Gasteiger charge is 2.42. The number of benzene rings is 2. The van der Waals surface area contributed by atoms with Gasteiger partial charge in [0.15, 0.2) is 0 Å². The third kappa shape index (κ3) is 4.30. The van der Waals surface area contributed by atoms with E-state index in [9.17, 15) is 32.3 Å². The van der Waals surface area contributed by atoms with Crippen LogP contribution in [0.4, 0.5) is 13.2 Å². The Balaban J connectivity index is 1.44. The lowest BCUT2D eigenvalue weighted by Crippen LogP contribution is -2.52. The first-order valence-corrected chi connectivity index (χ1v) is 10.3. The smallest absolute Gasteiger partial charge is 0.346 e. The molecule has 172 valence electrons. The van der Waals surface area contributed by atoms with Crippen LogP contribution in [0.25, 0.3) is 0 Å². The fourth-order valence-electron chi connectivity index (χ4n) is 3.85. The zero-order valence-corrected chi connectivity index (χ0v) is 17.7. The molecule has 1 saturated heterocycles. The van der Waals surface area contributed by atoms with Crippen molar-refractivity contribution in [2.75, 3.05) is 0 Å². The number of imide groups is 1. The molecule has 0 spiro atoms. The number of halogens is 4. The van der Waals surface area contributed by atoms with Gasteiger partial charge in [0.25, 0.3) is 11.8 Å². The summed E-state index contributed by atoms with van der Waals surface area (Å²) in [5.74, 6) is -7.97. The minimum Gasteiger partial charge on any atom is -0.346 e. The van der Waals surface area contributed by atoms with E-state index in [1.54, 1.807) is 6.07 Å². The minimum atomic E-state index is -3.99. The first kappa shape index (κ1) is 22.8. The number of carbonyl (C=O) groups excluding carboxylic acids is 4. The summed E-state index contributed by atoms with van der Waals surface area (Å²) in [6.45, 7) is -0.146. The summed E-state index contributed by atoms with van der Waals surface area (Å²) in [5.41, 5.74) is 0.555. The van der Waals surface area contributed by atoms with Gasteiger partial charge in [0.2, 0.25) is 11.8 Å². The Morgan fingerprint density at radius 3 is 2.64 bits per heavy atom. The summed E-state index contributed by atoms with van der Waals surface area (Å²) in [6.07, 6.45) is 0.341. The van der Waals surface area contributed by atoms with E-state index in [1.807, 2.05) is 0 Å². The molecular formula is C22H17ClF3N3O4. The molecule has 4 rings (SSSR count). The molecule has 1 unspecified atom stereocenters. The van der Waals surface area contributed by atoms with Crippen molar-refractivity contribution in [1.82, 2.24) is 15.5 Å². The standard InChI is InChI=1S/C22H17ClF3N3O4/c23-15-4-2-13(8-16(15)24)22(25,26)21(33)27-9-11-1-3-14-12(7-11)10-29(20(14)32)17-5-6-18(30)28-19(17)31/h1-4,7-8,17H,5-6,9-10H2,(H,27,33)(H,28,30,31). The molecule has 33 heavy (non-hydrogen) atoms. The highest BCUT2D eigenvalue weighted by Crippen LogP contribution is 2.31. The molecule has 0 bridgehead atoms.